The van der Waals surface area contributed by atoms with E-state index in [-0.39, 0.29) is 5.91 Å². The average molecular weight is 368 g/mol. The monoisotopic (exact) mass is 368 g/mol. The van der Waals surface area contributed by atoms with Crippen LogP contribution in [0.4, 0.5) is 0 Å². The minimum atomic E-state index is 0.0886. The van der Waals surface area contributed by atoms with E-state index in [0.29, 0.717) is 23.3 Å². The molecule has 1 aliphatic heterocycles. The van der Waals surface area contributed by atoms with Gasteiger partial charge >= 0.3 is 0 Å². The van der Waals surface area contributed by atoms with Gasteiger partial charge in [0.05, 0.1) is 0 Å². The summed E-state index contributed by atoms with van der Waals surface area (Å²) in [5.74, 6) is 2.16. The number of carbonyl (C=O) groups is 1. The van der Waals surface area contributed by atoms with Gasteiger partial charge in [-0.05, 0) is 43.2 Å². The van der Waals surface area contributed by atoms with Crippen molar-refractivity contribution in [2.75, 3.05) is 26.2 Å². The Morgan fingerprint density at radius 2 is 2.00 bits per heavy atom. The fourth-order valence-electron chi connectivity index (χ4n) is 3.93. The van der Waals surface area contributed by atoms with E-state index in [9.17, 15) is 4.79 Å². The predicted octanol–water partition coefficient (Wildman–Crippen LogP) is 2.24. The lowest BCUT2D eigenvalue weighted by molar-refractivity contribution is 0.0704. The smallest absolute Gasteiger partial charge is 0.254 e. The van der Waals surface area contributed by atoms with Crippen LogP contribution in [0.5, 0.6) is 0 Å². The summed E-state index contributed by atoms with van der Waals surface area (Å²) in [5.41, 5.74) is 0.673. The van der Waals surface area contributed by atoms with Gasteiger partial charge in [0, 0.05) is 44.0 Å². The third-order valence-corrected chi connectivity index (χ3v) is 5.67. The summed E-state index contributed by atoms with van der Waals surface area (Å²) < 4.78 is 1.72. The Hall–Kier alpha value is -2.28. The maximum Gasteiger partial charge on any atom is 0.254 e. The molecule has 0 bridgehead atoms. The molecule has 0 aromatic carbocycles. The summed E-state index contributed by atoms with van der Waals surface area (Å²) in [6.45, 7) is 8.44. The van der Waals surface area contributed by atoms with Crippen LogP contribution in [-0.4, -0.2) is 67.7 Å². The summed E-state index contributed by atoms with van der Waals surface area (Å²) >= 11 is 0. The zero-order chi connectivity index (χ0) is 18.8. The number of amides is 1. The maximum atomic E-state index is 13.2. The fraction of sp³-hybridized carbons (Fsp3) is 0.600. The lowest BCUT2D eigenvalue weighted by atomic mass is 10.0. The Morgan fingerprint density at radius 1 is 1.22 bits per heavy atom. The van der Waals surface area contributed by atoms with Crippen molar-refractivity contribution in [2.45, 2.75) is 39.2 Å². The van der Waals surface area contributed by atoms with E-state index < -0.39 is 0 Å². The summed E-state index contributed by atoms with van der Waals surface area (Å²) in [6, 6.07) is 4.05. The van der Waals surface area contributed by atoms with Crippen LogP contribution in [0.15, 0.2) is 31.0 Å². The molecule has 1 atom stereocenters. The summed E-state index contributed by atoms with van der Waals surface area (Å²) in [6.07, 6.45) is 8.63. The predicted molar refractivity (Wildman–Crippen MR) is 103 cm³/mol. The molecule has 1 saturated heterocycles. The Bertz CT molecular complexity index is 771. The molecule has 2 aliphatic rings. The zero-order valence-corrected chi connectivity index (χ0v) is 16.2. The van der Waals surface area contributed by atoms with Crippen LogP contribution in [-0.2, 0) is 0 Å². The topological polar surface area (TPSA) is 67.2 Å². The highest BCUT2D eigenvalue weighted by Crippen LogP contribution is 2.32. The number of carbonyl (C=O) groups excluding carboxylic acids is 1. The molecular weight excluding hydrogens is 340 g/mol. The largest absolute Gasteiger partial charge is 0.337 e. The highest BCUT2D eigenvalue weighted by molar-refractivity contribution is 5.94. The molecule has 7 heteroatoms. The second kappa shape index (κ2) is 7.76. The molecule has 0 unspecified atom stereocenters. The van der Waals surface area contributed by atoms with Crippen LogP contribution in [0, 0.1) is 11.8 Å². The Labute approximate surface area is 160 Å². The third kappa shape index (κ3) is 4.18. The van der Waals surface area contributed by atoms with Gasteiger partial charge in [-0.15, -0.1) is 10.2 Å². The van der Waals surface area contributed by atoms with Crippen molar-refractivity contribution >= 4 is 5.91 Å². The lowest BCUT2D eigenvalue weighted by Crippen LogP contribution is -2.46. The van der Waals surface area contributed by atoms with Crippen LogP contribution in [0.1, 0.15) is 43.5 Å². The van der Waals surface area contributed by atoms with Gasteiger partial charge in [-0.1, -0.05) is 13.8 Å². The van der Waals surface area contributed by atoms with Gasteiger partial charge in [-0.3, -0.25) is 14.3 Å². The maximum absolute atomic E-state index is 13.2. The quantitative estimate of drug-likeness (QED) is 0.810. The Morgan fingerprint density at radius 3 is 2.70 bits per heavy atom. The molecule has 2 fully saturated rings. The second-order valence-electron chi connectivity index (χ2n) is 8.13. The van der Waals surface area contributed by atoms with Gasteiger partial charge < -0.3 is 4.90 Å². The van der Waals surface area contributed by atoms with E-state index in [0.717, 1.165) is 32.0 Å². The first-order chi connectivity index (χ1) is 13.1. The molecule has 1 saturated carbocycles. The molecule has 2 aromatic rings. The number of rotatable bonds is 5. The van der Waals surface area contributed by atoms with Crippen LogP contribution < -0.4 is 0 Å². The minimum absolute atomic E-state index is 0.0886. The summed E-state index contributed by atoms with van der Waals surface area (Å²) in [7, 11) is 0. The Kier molecular flexibility index (Phi) is 5.20. The van der Waals surface area contributed by atoms with E-state index in [1.807, 2.05) is 11.0 Å². The SMILES string of the molecule is CC(C)[C@H]1CN(C(=O)c2ccnc(-n3cnnc3)c2)CCCN1CC1CC1. The van der Waals surface area contributed by atoms with Crippen molar-refractivity contribution in [1.29, 1.82) is 0 Å². The van der Waals surface area contributed by atoms with Crippen molar-refractivity contribution in [3.63, 3.8) is 0 Å². The molecule has 144 valence electrons. The van der Waals surface area contributed by atoms with E-state index >= 15 is 0 Å². The van der Waals surface area contributed by atoms with Gasteiger partial charge in [-0.25, -0.2) is 4.98 Å². The average Bonchev–Trinajstić information content (AvgIpc) is 3.37. The first-order valence-corrected chi connectivity index (χ1v) is 9.96. The molecule has 3 heterocycles. The standard InChI is InChI=1S/C20H28N6O/c1-15(2)18-12-25(9-3-8-24(18)11-16-4-5-16)20(27)17-6-7-21-19(10-17)26-13-22-23-14-26/h6-7,10,13-16,18H,3-5,8-9,11-12H2,1-2H3/t18-/m1/s1. The van der Waals surface area contributed by atoms with Crippen molar-refractivity contribution < 1.29 is 4.79 Å². The third-order valence-electron chi connectivity index (χ3n) is 5.67. The minimum Gasteiger partial charge on any atom is -0.337 e. The van der Waals surface area contributed by atoms with Crippen LogP contribution in [0.25, 0.3) is 5.82 Å². The van der Waals surface area contributed by atoms with Crippen molar-refractivity contribution in [1.82, 2.24) is 29.5 Å². The molecule has 4 rings (SSSR count). The summed E-state index contributed by atoms with van der Waals surface area (Å²) in [5, 5.41) is 7.63. The molecule has 1 aliphatic carbocycles. The molecule has 2 aromatic heterocycles. The molecule has 0 radical (unpaired) electrons. The van der Waals surface area contributed by atoms with Crippen molar-refractivity contribution in [3.05, 3.63) is 36.5 Å². The van der Waals surface area contributed by atoms with E-state index in [1.54, 1.807) is 29.5 Å². The molecule has 1 amide bonds. The van der Waals surface area contributed by atoms with Gasteiger partial charge in [0.15, 0.2) is 0 Å². The van der Waals surface area contributed by atoms with Crippen molar-refractivity contribution in [2.24, 2.45) is 11.8 Å². The number of pyridine rings is 1. The summed E-state index contributed by atoms with van der Waals surface area (Å²) in [4.78, 5) is 22.2. The van der Waals surface area contributed by atoms with Crippen LogP contribution in [0.2, 0.25) is 0 Å². The fourth-order valence-corrected chi connectivity index (χ4v) is 3.93. The second-order valence-corrected chi connectivity index (χ2v) is 8.13. The van der Waals surface area contributed by atoms with Crippen LogP contribution in [0.3, 0.4) is 0 Å². The molecule has 27 heavy (non-hydrogen) atoms. The van der Waals surface area contributed by atoms with Gasteiger partial charge in [0.2, 0.25) is 0 Å². The van der Waals surface area contributed by atoms with Gasteiger partial charge in [0.1, 0.15) is 18.5 Å². The number of nitrogens with zero attached hydrogens (tertiary/aromatic N) is 6. The molecule has 7 nitrogen and oxygen atoms in total. The van der Waals surface area contributed by atoms with Gasteiger partial charge in [-0.2, -0.15) is 0 Å². The first-order valence-electron chi connectivity index (χ1n) is 9.96. The van der Waals surface area contributed by atoms with Gasteiger partial charge in [0.25, 0.3) is 5.91 Å². The van der Waals surface area contributed by atoms with E-state index in [1.165, 1.54) is 19.4 Å². The highest BCUT2D eigenvalue weighted by Gasteiger charge is 2.33. The highest BCUT2D eigenvalue weighted by atomic mass is 16.2. The van der Waals surface area contributed by atoms with Crippen molar-refractivity contribution in [3.8, 4) is 5.82 Å². The zero-order valence-electron chi connectivity index (χ0n) is 16.2. The molecular formula is C20H28N6O. The van der Waals surface area contributed by atoms with E-state index in [4.69, 9.17) is 0 Å². The Balaban J connectivity index is 1.51. The normalized spacial score (nSPS) is 21.4. The number of hydrogen-bond acceptors (Lipinski definition) is 5. The molecule has 0 spiro atoms. The first kappa shape index (κ1) is 18.1. The molecule has 0 N–H and O–H groups in total. The van der Waals surface area contributed by atoms with E-state index in [2.05, 4.69) is 33.9 Å². The lowest BCUT2D eigenvalue weighted by Gasteiger charge is -2.34. The number of hydrogen-bond donors (Lipinski definition) is 0. The number of aromatic nitrogens is 4. The van der Waals surface area contributed by atoms with Crippen LogP contribution >= 0.6 is 0 Å².